The number of esters is 1. The van der Waals surface area contributed by atoms with Gasteiger partial charge in [0.2, 0.25) is 17.7 Å². The number of nitrogens with one attached hydrogen (secondary N) is 1. The van der Waals surface area contributed by atoms with Gasteiger partial charge in [-0.25, -0.2) is 4.79 Å². The number of carbonyl (C=O) groups excluding carboxylic acids is 4. The molecule has 0 aromatic heterocycles. The largest absolute Gasteiger partial charge is 0.461 e. The number of piperidine rings is 1. The van der Waals surface area contributed by atoms with Crippen LogP contribution in [0, 0.1) is 11.3 Å². The fourth-order valence-corrected chi connectivity index (χ4v) is 7.20. The lowest BCUT2D eigenvalue weighted by molar-refractivity contribution is -0.162. The quantitative estimate of drug-likeness (QED) is 0.383. The monoisotopic (exact) mass is 603 g/mol. The highest BCUT2D eigenvalue weighted by atomic mass is 16.5. The Morgan fingerprint density at radius 2 is 1.51 bits per heavy atom. The van der Waals surface area contributed by atoms with Gasteiger partial charge in [0.15, 0.2) is 0 Å². The lowest BCUT2D eigenvalue weighted by Gasteiger charge is -2.41. The zero-order valence-electron chi connectivity index (χ0n) is 27.8. The molecule has 0 radical (unpaired) electrons. The molecule has 5 atom stereocenters. The molecule has 4 fully saturated rings. The van der Waals surface area contributed by atoms with E-state index in [1.807, 2.05) is 34.9 Å². The van der Waals surface area contributed by atoms with Crippen molar-refractivity contribution in [2.75, 3.05) is 40.3 Å². The first kappa shape index (κ1) is 33.7. The first-order chi connectivity index (χ1) is 20.3. The fraction of sp³-hybridized carbons (Fsp3) is 0.879. The van der Waals surface area contributed by atoms with Crippen LogP contribution in [0.1, 0.15) is 98.8 Å². The van der Waals surface area contributed by atoms with Crippen LogP contribution in [0.3, 0.4) is 0 Å². The smallest absolute Gasteiger partial charge is 0.329 e. The summed E-state index contributed by atoms with van der Waals surface area (Å²) in [7, 11) is 3.82. The standard InChI is InChI=1S/C33H57N5O5/c1-22(2)27(36(7)31(41)28(33(3,4)5)34-29(39)24-15-8-9-18-35(24)6)21-37-19-11-16-25(37)30(40)38-20-12-17-26(38)32(42)43-23-13-10-14-23/h22-28H,8-21H2,1-7H3,(H,34,39)/t24-,25+,26+,27-,28-/m1/s1. The van der Waals surface area contributed by atoms with Gasteiger partial charge in [-0.2, -0.15) is 0 Å². The maximum Gasteiger partial charge on any atom is 0.329 e. The molecule has 4 aliphatic rings. The Morgan fingerprint density at radius 1 is 0.860 bits per heavy atom. The molecule has 4 rings (SSSR count). The van der Waals surface area contributed by atoms with Gasteiger partial charge in [-0.1, -0.05) is 41.0 Å². The average Bonchev–Trinajstić information content (AvgIpc) is 3.60. The summed E-state index contributed by atoms with van der Waals surface area (Å²) in [6.07, 6.45) is 8.97. The van der Waals surface area contributed by atoms with Gasteiger partial charge in [-0.15, -0.1) is 0 Å². The van der Waals surface area contributed by atoms with Gasteiger partial charge in [-0.05, 0) is 89.3 Å². The highest BCUT2D eigenvalue weighted by Gasteiger charge is 2.44. The van der Waals surface area contributed by atoms with Crippen molar-refractivity contribution < 1.29 is 23.9 Å². The third kappa shape index (κ3) is 7.91. The predicted molar refractivity (Wildman–Crippen MR) is 166 cm³/mol. The molecule has 1 saturated carbocycles. The minimum absolute atomic E-state index is 0.0122. The van der Waals surface area contributed by atoms with Crippen molar-refractivity contribution >= 4 is 23.7 Å². The summed E-state index contributed by atoms with van der Waals surface area (Å²) in [4.78, 5) is 62.2. The molecule has 10 heteroatoms. The molecule has 43 heavy (non-hydrogen) atoms. The van der Waals surface area contributed by atoms with Crippen molar-refractivity contribution in [3.63, 3.8) is 0 Å². The Bertz CT molecular complexity index is 1010. The van der Waals surface area contributed by atoms with Crippen molar-refractivity contribution in [3.05, 3.63) is 0 Å². The Labute approximate surface area is 259 Å². The number of carbonyl (C=O) groups is 4. The van der Waals surface area contributed by atoms with Gasteiger partial charge < -0.3 is 19.9 Å². The lowest BCUT2D eigenvalue weighted by Crippen LogP contribution is -2.61. The summed E-state index contributed by atoms with van der Waals surface area (Å²) in [6.45, 7) is 13.0. The zero-order valence-corrected chi connectivity index (χ0v) is 27.8. The number of likely N-dealkylation sites (tertiary alicyclic amines) is 3. The molecule has 3 amide bonds. The molecule has 3 saturated heterocycles. The van der Waals surface area contributed by atoms with E-state index in [0.717, 1.165) is 70.9 Å². The molecule has 3 aliphatic heterocycles. The first-order valence-electron chi connectivity index (χ1n) is 16.8. The second kappa shape index (κ2) is 14.3. The van der Waals surface area contributed by atoms with Crippen molar-refractivity contribution in [3.8, 4) is 0 Å². The summed E-state index contributed by atoms with van der Waals surface area (Å²) in [5, 5.41) is 3.14. The molecular weight excluding hydrogens is 546 g/mol. The first-order valence-corrected chi connectivity index (χ1v) is 16.8. The molecule has 0 bridgehead atoms. The van der Waals surface area contributed by atoms with E-state index < -0.39 is 17.5 Å². The lowest BCUT2D eigenvalue weighted by atomic mass is 9.84. The molecule has 3 heterocycles. The number of amides is 3. The maximum absolute atomic E-state index is 14.1. The van der Waals surface area contributed by atoms with Gasteiger partial charge in [0, 0.05) is 26.2 Å². The van der Waals surface area contributed by atoms with Crippen molar-refractivity contribution in [1.29, 1.82) is 0 Å². The Balaban J connectivity index is 1.43. The fourth-order valence-electron chi connectivity index (χ4n) is 7.20. The van der Waals surface area contributed by atoms with E-state index in [9.17, 15) is 19.2 Å². The average molecular weight is 604 g/mol. The molecule has 0 unspecified atom stereocenters. The Morgan fingerprint density at radius 3 is 2.12 bits per heavy atom. The van der Waals surface area contributed by atoms with Crippen LogP contribution in [0.4, 0.5) is 0 Å². The normalized spacial score (nSPS) is 27.1. The molecule has 1 N–H and O–H groups in total. The molecule has 0 spiro atoms. The summed E-state index contributed by atoms with van der Waals surface area (Å²) < 4.78 is 5.69. The number of nitrogens with zero attached hydrogens (tertiary/aromatic N) is 4. The van der Waals surface area contributed by atoms with Crippen LogP contribution in [0.2, 0.25) is 0 Å². The Kier molecular flexibility index (Phi) is 11.2. The number of likely N-dealkylation sites (N-methyl/N-ethyl adjacent to an activating group) is 2. The molecule has 0 aromatic rings. The number of ether oxygens (including phenoxy) is 1. The summed E-state index contributed by atoms with van der Waals surface area (Å²) in [5.41, 5.74) is -0.471. The van der Waals surface area contributed by atoms with Crippen molar-refractivity contribution in [2.45, 2.75) is 135 Å². The highest BCUT2D eigenvalue weighted by Crippen LogP contribution is 2.30. The van der Waals surface area contributed by atoms with Crippen LogP contribution >= 0.6 is 0 Å². The summed E-state index contributed by atoms with van der Waals surface area (Å²) >= 11 is 0. The number of hydrogen-bond donors (Lipinski definition) is 1. The predicted octanol–water partition coefficient (Wildman–Crippen LogP) is 3.04. The number of hydrogen-bond acceptors (Lipinski definition) is 7. The van der Waals surface area contributed by atoms with Crippen LogP contribution in [0.15, 0.2) is 0 Å². The highest BCUT2D eigenvalue weighted by molar-refractivity contribution is 5.91. The second-order valence-corrected chi connectivity index (χ2v) is 14.9. The van der Waals surface area contributed by atoms with Crippen molar-refractivity contribution in [2.24, 2.45) is 11.3 Å². The van der Waals surface area contributed by atoms with Crippen LogP contribution in [-0.4, -0.2) is 120 Å². The van der Waals surface area contributed by atoms with E-state index in [1.165, 1.54) is 0 Å². The molecule has 244 valence electrons. The molecule has 1 aliphatic carbocycles. The number of rotatable bonds is 10. The van der Waals surface area contributed by atoms with Crippen LogP contribution < -0.4 is 5.32 Å². The SMILES string of the molecule is CC(C)[C@@H](CN1CCC[C@H]1C(=O)N1CCC[C@H]1C(=O)OC1CCC1)N(C)C(=O)[C@@H](NC(=O)[C@H]1CCCCN1C)C(C)(C)C. The topological polar surface area (TPSA) is 103 Å². The molecular formula is C33H57N5O5. The van der Waals surface area contributed by atoms with Gasteiger partial charge in [-0.3, -0.25) is 24.2 Å². The van der Waals surface area contributed by atoms with Crippen LogP contribution in [0.25, 0.3) is 0 Å². The summed E-state index contributed by atoms with van der Waals surface area (Å²) in [6, 6.07) is -1.81. The van der Waals surface area contributed by atoms with E-state index >= 15 is 0 Å². The van der Waals surface area contributed by atoms with Crippen LogP contribution in [0.5, 0.6) is 0 Å². The molecule has 0 aromatic carbocycles. The second-order valence-electron chi connectivity index (χ2n) is 14.9. The maximum atomic E-state index is 14.1. The minimum atomic E-state index is -0.662. The van der Waals surface area contributed by atoms with E-state index in [1.54, 1.807) is 9.80 Å². The van der Waals surface area contributed by atoms with Crippen molar-refractivity contribution in [1.82, 2.24) is 24.9 Å². The van der Waals surface area contributed by atoms with Gasteiger partial charge in [0.25, 0.3) is 0 Å². The minimum Gasteiger partial charge on any atom is -0.461 e. The van der Waals surface area contributed by atoms with E-state index in [2.05, 4.69) is 29.0 Å². The zero-order chi connectivity index (χ0) is 31.5. The van der Waals surface area contributed by atoms with E-state index in [4.69, 9.17) is 4.74 Å². The Hall–Kier alpha value is -2.20. The van der Waals surface area contributed by atoms with E-state index in [0.29, 0.717) is 19.5 Å². The van der Waals surface area contributed by atoms with Gasteiger partial charge >= 0.3 is 5.97 Å². The van der Waals surface area contributed by atoms with Gasteiger partial charge in [0.1, 0.15) is 18.2 Å². The third-order valence-corrected chi connectivity index (χ3v) is 10.3. The van der Waals surface area contributed by atoms with Gasteiger partial charge in [0.05, 0.1) is 12.1 Å². The summed E-state index contributed by atoms with van der Waals surface area (Å²) in [5.74, 6) is -0.272. The molecule has 10 nitrogen and oxygen atoms in total. The van der Waals surface area contributed by atoms with Crippen LogP contribution in [-0.2, 0) is 23.9 Å². The van der Waals surface area contributed by atoms with E-state index in [-0.39, 0.29) is 53.8 Å². The third-order valence-electron chi connectivity index (χ3n) is 10.3.